The monoisotopic (exact) mass is 292 g/mol. The van der Waals surface area contributed by atoms with Gasteiger partial charge in [-0.2, -0.15) is 0 Å². The van der Waals surface area contributed by atoms with E-state index in [0.29, 0.717) is 5.92 Å². The van der Waals surface area contributed by atoms with E-state index in [9.17, 15) is 0 Å². The van der Waals surface area contributed by atoms with Gasteiger partial charge in [0, 0.05) is 12.3 Å². The summed E-state index contributed by atoms with van der Waals surface area (Å²) in [4.78, 5) is 0. The van der Waals surface area contributed by atoms with Crippen molar-refractivity contribution in [3.05, 3.63) is 89.9 Å². The molecule has 0 bridgehead atoms. The molecule has 112 valence electrons. The minimum atomic E-state index is 0.359. The Morgan fingerprint density at radius 2 is 1.59 bits per heavy atom. The molecule has 0 aliphatic rings. The van der Waals surface area contributed by atoms with Gasteiger partial charge in [0.1, 0.15) is 11.5 Å². The third kappa shape index (κ3) is 3.40. The Labute approximate surface area is 131 Å². The van der Waals surface area contributed by atoms with E-state index >= 15 is 0 Å². The lowest BCUT2D eigenvalue weighted by molar-refractivity contribution is 0.414. The quantitative estimate of drug-likeness (QED) is 0.634. The third-order valence-electron chi connectivity index (χ3n) is 3.98. The molecule has 0 amide bonds. The summed E-state index contributed by atoms with van der Waals surface area (Å²) in [6, 6.07) is 23.0. The van der Waals surface area contributed by atoms with Crippen LogP contribution in [0.3, 0.4) is 0 Å². The van der Waals surface area contributed by atoms with E-state index in [1.807, 2.05) is 24.3 Å². The fourth-order valence-corrected chi connectivity index (χ4v) is 2.79. The number of benzene rings is 2. The van der Waals surface area contributed by atoms with Crippen LogP contribution in [-0.2, 0) is 6.42 Å². The Hall–Kier alpha value is -2.48. The van der Waals surface area contributed by atoms with Gasteiger partial charge in [-0.3, -0.25) is 0 Å². The Bertz CT molecular complexity index is 669. The molecule has 0 saturated carbocycles. The van der Waals surface area contributed by atoms with Crippen molar-refractivity contribution in [3.63, 3.8) is 0 Å². The van der Waals surface area contributed by atoms with Gasteiger partial charge in [-0.25, -0.2) is 0 Å². The van der Waals surface area contributed by atoms with Gasteiger partial charge < -0.3 is 9.15 Å². The van der Waals surface area contributed by atoms with Crippen molar-refractivity contribution in [2.75, 3.05) is 7.11 Å². The normalized spacial score (nSPS) is 12.0. The maximum Gasteiger partial charge on any atom is 0.118 e. The van der Waals surface area contributed by atoms with Crippen LogP contribution in [0, 0.1) is 0 Å². The lowest BCUT2D eigenvalue weighted by Crippen LogP contribution is -2.03. The Morgan fingerprint density at radius 3 is 2.23 bits per heavy atom. The van der Waals surface area contributed by atoms with Gasteiger partial charge in [0.15, 0.2) is 0 Å². The molecular weight excluding hydrogens is 272 g/mol. The van der Waals surface area contributed by atoms with Crippen molar-refractivity contribution < 1.29 is 9.15 Å². The van der Waals surface area contributed by atoms with E-state index in [1.54, 1.807) is 13.4 Å². The first-order valence-electron chi connectivity index (χ1n) is 7.58. The van der Waals surface area contributed by atoms with Crippen molar-refractivity contribution >= 4 is 0 Å². The molecule has 1 atom stereocenters. The van der Waals surface area contributed by atoms with Crippen LogP contribution in [0.15, 0.2) is 77.4 Å². The van der Waals surface area contributed by atoms with E-state index in [-0.39, 0.29) is 0 Å². The highest BCUT2D eigenvalue weighted by atomic mass is 16.5. The van der Waals surface area contributed by atoms with Gasteiger partial charge in [0.05, 0.1) is 13.4 Å². The predicted octanol–water partition coefficient (Wildman–Crippen LogP) is 5.05. The predicted molar refractivity (Wildman–Crippen MR) is 88.3 cm³/mol. The number of hydrogen-bond acceptors (Lipinski definition) is 2. The molecule has 3 rings (SSSR count). The van der Waals surface area contributed by atoms with Crippen LogP contribution in [0.5, 0.6) is 5.75 Å². The zero-order valence-corrected chi connectivity index (χ0v) is 12.7. The fraction of sp³-hybridized carbons (Fsp3) is 0.200. The Morgan fingerprint density at radius 1 is 0.864 bits per heavy atom. The van der Waals surface area contributed by atoms with Crippen molar-refractivity contribution in [2.45, 2.75) is 18.8 Å². The average molecular weight is 292 g/mol. The molecular formula is C20H20O2. The molecule has 0 aliphatic carbocycles. The zero-order valence-electron chi connectivity index (χ0n) is 12.7. The van der Waals surface area contributed by atoms with E-state index < -0.39 is 0 Å². The minimum Gasteiger partial charge on any atom is -0.497 e. The maximum atomic E-state index is 5.47. The molecule has 1 heterocycles. The van der Waals surface area contributed by atoms with Gasteiger partial charge in [-0.15, -0.1) is 0 Å². The van der Waals surface area contributed by atoms with Crippen molar-refractivity contribution in [1.29, 1.82) is 0 Å². The van der Waals surface area contributed by atoms with Crippen LogP contribution in [0.4, 0.5) is 0 Å². The highest BCUT2D eigenvalue weighted by molar-refractivity contribution is 5.36. The second-order valence-electron chi connectivity index (χ2n) is 5.35. The smallest absolute Gasteiger partial charge is 0.118 e. The van der Waals surface area contributed by atoms with Gasteiger partial charge in [0.2, 0.25) is 0 Å². The summed E-state index contributed by atoms with van der Waals surface area (Å²) >= 11 is 0. The van der Waals surface area contributed by atoms with Gasteiger partial charge >= 0.3 is 0 Å². The molecule has 0 saturated heterocycles. The molecule has 0 radical (unpaired) electrons. The first-order valence-corrected chi connectivity index (χ1v) is 7.58. The molecule has 2 aromatic carbocycles. The van der Waals surface area contributed by atoms with Crippen LogP contribution in [0.1, 0.15) is 29.2 Å². The van der Waals surface area contributed by atoms with E-state index in [2.05, 4.69) is 42.5 Å². The average Bonchev–Trinajstić information content (AvgIpc) is 3.10. The van der Waals surface area contributed by atoms with Crippen LogP contribution < -0.4 is 4.74 Å². The van der Waals surface area contributed by atoms with Gasteiger partial charge in [0.25, 0.3) is 0 Å². The van der Waals surface area contributed by atoms with Crippen LogP contribution >= 0.6 is 0 Å². The first kappa shape index (κ1) is 14.5. The van der Waals surface area contributed by atoms with E-state index in [0.717, 1.165) is 24.4 Å². The summed E-state index contributed by atoms with van der Waals surface area (Å²) in [7, 11) is 1.70. The van der Waals surface area contributed by atoms with Crippen LogP contribution in [-0.4, -0.2) is 7.11 Å². The van der Waals surface area contributed by atoms with Gasteiger partial charge in [-0.05, 0) is 41.8 Å². The van der Waals surface area contributed by atoms with E-state index in [4.69, 9.17) is 9.15 Å². The number of ether oxygens (including phenoxy) is 1. The topological polar surface area (TPSA) is 22.4 Å². The fourth-order valence-electron chi connectivity index (χ4n) is 2.79. The maximum absolute atomic E-state index is 5.47. The minimum absolute atomic E-state index is 0.359. The molecule has 0 N–H and O–H groups in total. The third-order valence-corrected chi connectivity index (χ3v) is 3.98. The molecule has 1 aromatic heterocycles. The second-order valence-corrected chi connectivity index (χ2v) is 5.35. The molecule has 2 heteroatoms. The molecule has 22 heavy (non-hydrogen) atoms. The molecule has 0 fully saturated rings. The summed E-state index contributed by atoms with van der Waals surface area (Å²) in [5.74, 6) is 2.29. The number of methoxy groups -OCH3 is 1. The van der Waals surface area contributed by atoms with Gasteiger partial charge in [-0.1, -0.05) is 42.5 Å². The van der Waals surface area contributed by atoms with Crippen LogP contribution in [0.2, 0.25) is 0 Å². The van der Waals surface area contributed by atoms with Crippen molar-refractivity contribution in [3.8, 4) is 5.75 Å². The van der Waals surface area contributed by atoms with Crippen molar-refractivity contribution in [2.24, 2.45) is 0 Å². The molecule has 2 nitrogen and oxygen atoms in total. The number of rotatable bonds is 6. The number of furan rings is 1. The second kappa shape index (κ2) is 6.99. The molecule has 0 spiro atoms. The lowest BCUT2D eigenvalue weighted by Gasteiger charge is -2.18. The molecule has 1 unspecified atom stereocenters. The largest absolute Gasteiger partial charge is 0.497 e. The standard InChI is InChI=1S/C20H20O2/c1-21-18-11-9-17(10-12-18)20(16-6-3-2-4-7-16)14-13-19-8-5-15-22-19/h2-12,15,20H,13-14H2,1H3. The summed E-state index contributed by atoms with van der Waals surface area (Å²) in [5.41, 5.74) is 2.64. The van der Waals surface area contributed by atoms with Crippen LogP contribution in [0.25, 0.3) is 0 Å². The first-order chi connectivity index (χ1) is 10.9. The molecule has 0 aliphatic heterocycles. The Balaban J connectivity index is 1.84. The summed E-state index contributed by atoms with van der Waals surface area (Å²) in [5, 5.41) is 0. The Kier molecular flexibility index (Phi) is 4.59. The molecule has 3 aromatic rings. The highest BCUT2D eigenvalue weighted by Crippen LogP contribution is 2.30. The van der Waals surface area contributed by atoms with E-state index in [1.165, 1.54) is 11.1 Å². The summed E-state index contributed by atoms with van der Waals surface area (Å²) in [6.07, 6.45) is 3.68. The summed E-state index contributed by atoms with van der Waals surface area (Å²) < 4.78 is 10.7. The zero-order chi connectivity index (χ0) is 15.2. The number of aryl methyl sites for hydroxylation is 1. The number of hydrogen-bond donors (Lipinski definition) is 0. The lowest BCUT2D eigenvalue weighted by atomic mass is 9.87. The van der Waals surface area contributed by atoms with Crippen molar-refractivity contribution in [1.82, 2.24) is 0 Å². The SMILES string of the molecule is COc1ccc(C(CCc2ccco2)c2ccccc2)cc1. The summed E-state index contributed by atoms with van der Waals surface area (Å²) in [6.45, 7) is 0. The highest BCUT2D eigenvalue weighted by Gasteiger charge is 2.15.